The second-order valence-electron chi connectivity index (χ2n) is 4.04. The smallest absolute Gasteiger partial charge is 0.119 e. The first-order valence-electron chi connectivity index (χ1n) is 5.36. The quantitative estimate of drug-likeness (QED) is 0.812. The van der Waals surface area contributed by atoms with Crippen LogP contribution in [0, 0.1) is 0 Å². The van der Waals surface area contributed by atoms with Crippen LogP contribution >= 0.6 is 0 Å². The zero-order chi connectivity index (χ0) is 10.8. The Morgan fingerprint density at radius 2 is 2.33 bits per heavy atom. The minimum atomic E-state index is 0.553. The summed E-state index contributed by atoms with van der Waals surface area (Å²) in [6, 6.07) is 6.82. The van der Waals surface area contributed by atoms with Crippen LogP contribution in [0.5, 0.6) is 5.75 Å². The van der Waals surface area contributed by atoms with Gasteiger partial charge in [0, 0.05) is 18.8 Å². The average molecular weight is 206 g/mol. The lowest BCUT2D eigenvalue weighted by Crippen LogP contribution is -2.29. The first-order valence-corrected chi connectivity index (χ1v) is 5.36. The van der Waals surface area contributed by atoms with Crippen LogP contribution in [-0.2, 0) is 6.42 Å². The highest BCUT2D eigenvalue weighted by Gasteiger charge is 2.25. The van der Waals surface area contributed by atoms with Gasteiger partial charge in [0.25, 0.3) is 0 Å². The van der Waals surface area contributed by atoms with E-state index in [1.54, 1.807) is 7.11 Å². The molecular weight excluding hydrogens is 188 g/mol. The van der Waals surface area contributed by atoms with E-state index in [0.29, 0.717) is 6.04 Å². The van der Waals surface area contributed by atoms with Gasteiger partial charge in [0.1, 0.15) is 5.75 Å². The topological polar surface area (TPSA) is 38.5 Å². The molecule has 0 aromatic heterocycles. The zero-order valence-electron chi connectivity index (χ0n) is 9.36. The third kappa shape index (κ3) is 1.79. The lowest BCUT2D eigenvalue weighted by molar-refractivity contribution is 0.414. The van der Waals surface area contributed by atoms with E-state index >= 15 is 0 Å². The van der Waals surface area contributed by atoms with Crippen molar-refractivity contribution in [2.45, 2.75) is 18.9 Å². The van der Waals surface area contributed by atoms with Crippen molar-refractivity contribution in [2.24, 2.45) is 5.73 Å². The van der Waals surface area contributed by atoms with Crippen molar-refractivity contribution >= 4 is 5.69 Å². The van der Waals surface area contributed by atoms with Gasteiger partial charge < -0.3 is 15.4 Å². The summed E-state index contributed by atoms with van der Waals surface area (Å²) in [5, 5.41) is 0. The number of likely N-dealkylation sites (N-methyl/N-ethyl adjacent to an activating group) is 1. The molecule has 1 unspecified atom stereocenters. The largest absolute Gasteiger partial charge is 0.497 e. The van der Waals surface area contributed by atoms with Crippen molar-refractivity contribution in [3.05, 3.63) is 23.8 Å². The van der Waals surface area contributed by atoms with Gasteiger partial charge in [0.2, 0.25) is 0 Å². The SMILES string of the molecule is COc1ccc2c(c1)CC(CCN)N2C. The molecule has 3 heteroatoms. The Morgan fingerprint density at radius 1 is 1.53 bits per heavy atom. The first-order chi connectivity index (χ1) is 7.26. The maximum absolute atomic E-state index is 5.61. The summed E-state index contributed by atoms with van der Waals surface area (Å²) < 4.78 is 5.23. The van der Waals surface area contributed by atoms with Gasteiger partial charge in [-0.05, 0) is 43.1 Å². The molecule has 1 heterocycles. The van der Waals surface area contributed by atoms with Gasteiger partial charge in [-0.25, -0.2) is 0 Å². The molecule has 1 aromatic carbocycles. The number of hydrogen-bond acceptors (Lipinski definition) is 3. The van der Waals surface area contributed by atoms with E-state index < -0.39 is 0 Å². The van der Waals surface area contributed by atoms with Crippen LogP contribution in [0.25, 0.3) is 0 Å². The Hall–Kier alpha value is -1.22. The molecule has 0 spiro atoms. The zero-order valence-corrected chi connectivity index (χ0v) is 9.36. The number of ether oxygens (including phenoxy) is 1. The van der Waals surface area contributed by atoms with Crippen LogP contribution in [0.3, 0.4) is 0 Å². The van der Waals surface area contributed by atoms with E-state index in [9.17, 15) is 0 Å². The lowest BCUT2D eigenvalue weighted by Gasteiger charge is -2.21. The van der Waals surface area contributed by atoms with Gasteiger partial charge >= 0.3 is 0 Å². The molecule has 82 valence electrons. The van der Waals surface area contributed by atoms with Gasteiger partial charge in [0.15, 0.2) is 0 Å². The second kappa shape index (κ2) is 4.11. The maximum Gasteiger partial charge on any atom is 0.119 e. The summed E-state index contributed by atoms with van der Waals surface area (Å²) in [6.07, 6.45) is 2.13. The molecule has 1 atom stereocenters. The average Bonchev–Trinajstić information content (AvgIpc) is 2.56. The standard InChI is InChI=1S/C12H18N2O/c1-14-10(5-6-13)7-9-8-11(15-2)3-4-12(9)14/h3-4,8,10H,5-7,13H2,1-2H3. The van der Waals surface area contributed by atoms with Gasteiger partial charge in [0.05, 0.1) is 7.11 Å². The summed E-state index contributed by atoms with van der Waals surface area (Å²) in [4.78, 5) is 2.32. The lowest BCUT2D eigenvalue weighted by atomic mass is 10.1. The summed E-state index contributed by atoms with van der Waals surface area (Å²) in [5.74, 6) is 0.940. The molecule has 0 aliphatic carbocycles. The maximum atomic E-state index is 5.61. The number of methoxy groups -OCH3 is 1. The van der Waals surface area contributed by atoms with Crippen molar-refractivity contribution < 1.29 is 4.74 Å². The fourth-order valence-corrected chi connectivity index (χ4v) is 2.27. The third-order valence-corrected chi connectivity index (χ3v) is 3.17. The molecule has 3 nitrogen and oxygen atoms in total. The van der Waals surface area contributed by atoms with Gasteiger partial charge in [-0.1, -0.05) is 0 Å². The number of fused-ring (bicyclic) bond motifs is 1. The van der Waals surface area contributed by atoms with E-state index in [2.05, 4.69) is 24.1 Å². The third-order valence-electron chi connectivity index (χ3n) is 3.17. The second-order valence-corrected chi connectivity index (χ2v) is 4.04. The Kier molecular flexibility index (Phi) is 2.82. The predicted molar refractivity (Wildman–Crippen MR) is 62.6 cm³/mol. The molecule has 0 amide bonds. The number of anilines is 1. The first kappa shape index (κ1) is 10.3. The molecule has 0 saturated heterocycles. The summed E-state index contributed by atoms with van der Waals surface area (Å²) in [6.45, 7) is 0.750. The highest BCUT2D eigenvalue weighted by atomic mass is 16.5. The minimum absolute atomic E-state index is 0.553. The predicted octanol–water partition coefficient (Wildman–Crippen LogP) is 1.40. The van der Waals surface area contributed by atoms with Crippen molar-refractivity contribution in [3.8, 4) is 5.75 Å². The van der Waals surface area contributed by atoms with Crippen LogP contribution in [0.15, 0.2) is 18.2 Å². The number of nitrogens with two attached hydrogens (primary N) is 1. The molecule has 1 aliphatic rings. The molecule has 0 bridgehead atoms. The van der Waals surface area contributed by atoms with Crippen molar-refractivity contribution in [1.82, 2.24) is 0 Å². The van der Waals surface area contributed by atoms with Crippen LogP contribution in [-0.4, -0.2) is 26.7 Å². The highest BCUT2D eigenvalue weighted by Crippen LogP contribution is 2.34. The Labute approximate surface area is 90.8 Å². The molecule has 2 rings (SSSR count). The van der Waals surface area contributed by atoms with E-state index in [0.717, 1.165) is 25.1 Å². The van der Waals surface area contributed by atoms with E-state index in [4.69, 9.17) is 10.5 Å². The van der Waals surface area contributed by atoms with E-state index in [-0.39, 0.29) is 0 Å². The molecule has 0 saturated carbocycles. The molecule has 15 heavy (non-hydrogen) atoms. The normalized spacial score (nSPS) is 19.1. The number of rotatable bonds is 3. The molecule has 1 aromatic rings. The fraction of sp³-hybridized carbons (Fsp3) is 0.500. The van der Waals surface area contributed by atoms with Gasteiger partial charge in [-0.3, -0.25) is 0 Å². The molecule has 0 radical (unpaired) electrons. The van der Waals surface area contributed by atoms with E-state index in [1.807, 2.05) is 6.07 Å². The minimum Gasteiger partial charge on any atom is -0.497 e. The number of hydrogen-bond donors (Lipinski definition) is 1. The van der Waals surface area contributed by atoms with E-state index in [1.165, 1.54) is 11.3 Å². The van der Waals surface area contributed by atoms with Gasteiger partial charge in [-0.2, -0.15) is 0 Å². The molecule has 0 fully saturated rings. The Balaban J connectivity index is 2.24. The van der Waals surface area contributed by atoms with Crippen LogP contribution in [0.4, 0.5) is 5.69 Å². The van der Waals surface area contributed by atoms with Crippen LogP contribution in [0.1, 0.15) is 12.0 Å². The van der Waals surface area contributed by atoms with Gasteiger partial charge in [-0.15, -0.1) is 0 Å². The number of nitrogens with zero attached hydrogens (tertiary/aromatic N) is 1. The Morgan fingerprint density at radius 3 is 3.00 bits per heavy atom. The summed E-state index contributed by atoms with van der Waals surface area (Å²) in [7, 11) is 3.84. The molecular formula is C12H18N2O. The van der Waals surface area contributed by atoms with Crippen LogP contribution < -0.4 is 15.4 Å². The summed E-state index contributed by atoms with van der Waals surface area (Å²) >= 11 is 0. The van der Waals surface area contributed by atoms with Crippen molar-refractivity contribution in [1.29, 1.82) is 0 Å². The highest BCUT2D eigenvalue weighted by molar-refractivity contribution is 5.61. The number of benzene rings is 1. The monoisotopic (exact) mass is 206 g/mol. The van der Waals surface area contributed by atoms with Crippen molar-refractivity contribution in [3.63, 3.8) is 0 Å². The van der Waals surface area contributed by atoms with Crippen molar-refractivity contribution in [2.75, 3.05) is 25.6 Å². The molecule has 2 N–H and O–H groups in total. The Bertz CT molecular complexity index is 351. The fourth-order valence-electron chi connectivity index (χ4n) is 2.27. The molecule has 1 aliphatic heterocycles. The van der Waals surface area contributed by atoms with Crippen LogP contribution in [0.2, 0.25) is 0 Å². The summed E-state index contributed by atoms with van der Waals surface area (Å²) in [5.41, 5.74) is 8.29.